The fraction of sp³-hybridized carbons (Fsp3) is 0. The lowest BCUT2D eigenvalue weighted by molar-refractivity contribution is 0.0694. The molecule has 0 radical (unpaired) electrons. The first-order valence-electron chi connectivity index (χ1n) is 4.34. The molecule has 0 aliphatic heterocycles. The van der Waals surface area contributed by atoms with Crippen molar-refractivity contribution in [1.82, 2.24) is 9.55 Å². The predicted molar refractivity (Wildman–Crippen MR) is 65.2 cm³/mol. The minimum atomic E-state index is -1.38. The number of hydrogen-bond donors (Lipinski definition) is 2. The zero-order valence-corrected chi connectivity index (χ0v) is 10.5. The van der Waals surface area contributed by atoms with Gasteiger partial charge in [0, 0.05) is 6.20 Å². The number of hydrogen-bond acceptors (Lipinski definition) is 4. The molecule has 0 aromatic carbocycles. The first-order chi connectivity index (χ1) is 7.99. The molecule has 88 valence electrons. The molecule has 0 spiro atoms. The molecule has 8 heteroatoms. The van der Waals surface area contributed by atoms with E-state index in [9.17, 15) is 14.4 Å². The van der Waals surface area contributed by atoms with Crippen LogP contribution in [-0.2, 0) is 0 Å². The Morgan fingerprint density at radius 2 is 2.12 bits per heavy atom. The van der Waals surface area contributed by atoms with Crippen LogP contribution in [-0.4, -0.2) is 20.6 Å². The summed E-state index contributed by atoms with van der Waals surface area (Å²) >= 11 is 4.48. The number of H-pyrrole nitrogens is 1. The van der Waals surface area contributed by atoms with Crippen molar-refractivity contribution in [2.75, 3.05) is 0 Å². The second-order valence-electron chi connectivity index (χ2n) is 3.05. The maximum Gasteiger partial charge on any atom is 0.342 e. The number of aromatic nitrogens is 2. The second kappa shape index (κ2) is 4.30. The molecule has 2 heterocycles. The summed E-state index contributed by atoms with van der Waals surface area (Å²) in [5.41, 5.74) is -2.06. The molecule has 0 amide bonds. The zero-order chi connectivity index (χ0) is 12.6. The zero-order valence-electron chi connectivity index (χ0n) is 8.14. The number of aromatic amines is 1. The first-order valence-corrected chi connectivity index (χ1v) is 5.95. The number of halogens is 1. The number of aromatic carboxylic acids is 1. The van der Waals surface area contributed by atoms with E-state index in [1.54, 1.807) is 12.1 Å². The molecule has 0 saturated carbocycles. The van der Waals surface area contributed by atoms with Crippen molar-refractivity contribution in [1.29, 1.82) is 0 Å². The van der Waals surface area contributed by atoms with Crippen molar-refractivity contribution in [3.63, 3.8) is 0 Å². The Morgan fingerprint density at radius 1 is 1.41 bits per heavy atom. The largest absolute Gasteiger partial charge is 0.477 e. The van der Waals surface area contributed by atoms with Crippen LogP contribution >= 0.6 is 27.3 Å². The Hall–Kier alpha value is -1.67. The van der Waals surface area contributed by atoms with Crippen molar-refractivity contribution >= 4 is 33.2 Å². The molecule has 0 atom stereocenters. The Morgan fingerprint density at radius 3 is 2.65 bits per heavy atom. The van der Waals surface area contributed by atoms with Crippen molar-refractivity contribution < 1.29 is 9.90 Å². The van der Waals surface area contributed by atoms with Crippen LogP contribution < -0.4 is 11.2 Å². The highest BCUT2D eigenvalue weighted by molar-refractivity contribution is 9.11. The molecular weight excluding hydrogens is 312 g/mol. The van der Waals surface area contributed by atoms with Gasteiger partial charge < -0.3 is 5.11 Å². The normalized spacial score (nSPS) is 10.4. The fourth-order valence-electron chi connectivity index (χ4n) is 1.22. The molecule has 0 saturated heterocycles. The molecule has 0 fully saturated rings. The third-order valence-electron chi connectivity index (χ3n) is 1.97. The average molecular weight is 317 g/mol. The highest BCUT2D eigenvalue weighted by atomic mass is 79.9. The lowest BCUT2D eigenvalue weighted by Crippen LogP contribution is -2.32. The van der Waals surface area contributed by atoms with E-state index in [-0.39, 0.29) is 0 Å². The topological polar surface area (TPSA) is 92.2 Å². The van der Waals surface area contributed by atoms with Gasteiger partial charge in [-0.1, -0.05) is 0 Å². The van der Waals surface area contributed by atoms with E-state index in [1.807, 2.05) is 4.98 Å². The van der Waals surface area contributed by atoms with E-state index < -0.39 is 22.8 Å². The van der Waals surface area contributed by atoms with Crippen LogP contribution in [0.3, 0.4) is 0 Å². The molecular formula is C9H5BrN2O4S. The van der Waals surface area contributed by atoms with Crippen LogP contribution in [0.4, 0.5) is 0 Å². The first kappa shape index (κ1) is 11.8. The molecule has 0 bridgehead atoms. The van der Waals surface area contributed by atoms with E-state index in [1.165, 1.54) is 11.3 Å². The van der Waals surface area contributed by atoms with Gasteiger partial charge in [0.2, 0.25) is 0 Å². The summed E-state index contributed by atoms with van der Waals surface area (Å²) < 4.78 is 1.88. The minimum absolute atomic E-state index is 0.478. The van der Waals surface area contributed by atoms with Gasteiger partial charge in [0.15, 0.2) is 0 Å². The number of carboxylic acid groups (broad SMARTS) is 1. The minimum Gasteiger partial charge on any atom is -0.477 e. The number of nitrogens with zero attached hydrogens (tertiary/aromatic N) is 1. The molecule has 2 aromatic heterocycles. The van der Waals surface area contributed by atoms with Crippen molar-refractivity contribution in [3.05, 3.63) is 48.5 Å². The third kappa shape index (κ3) is 2.22. The maximum absolute atomic E-state index is 11.5. The van der Waals surface area contributed by atoms with Crippen LogP contribution in [0.5, 0.6) is 0 Å². The number of rotatable bonds is 2. The van der Waals surface area contributed by atoms with Crippen LogP contribution in [0.1, 0.15) is 10.4 Å². The predicted octanol–water partition coefficient (Wildman–Crippen LogP) is 1.05. The molecule has 6 nitrogen and oxygen atoms in total. The fourth-order valence-corrected chi connectivity index (χ4v) is 2.56. The highest BCUT2D eigenvalue weighted by Crippen LogP contribution is 2.24. The van der Waals surface area contributed by atoms with Crippen molar-refractivity contribution in [2.24, 2.45) is 0 Å². The lowest BCUT2D eigenvalue weighted by Gasteiger charge is -2.01. The van der Waals surface area contributed by atoms with Gasteiger partial charge in [0.05, 0.1) is 3.79 Å². The van der Waals surface area contributed by atoms with Gasteiger partial charge in [0.25, 0.3) is 5.56 Å². The lowest BCUT2D eigenvalue weighted by atomic mass is 10.3. The van der Waals surface area contributed by atoms with Gasteiger partial charge in [-0.2, -0.15) is 0 Å². The molecule has 0 aliphatic rings. The molecule has 0 aliphatic carbocycles. The monoisotopic (exact) mass is 316 g/mol. The van der Waals surface area contributed by atoms with Crippen LogP contribution in [0.25, 0.3) is 5.00 Å². The van der Waals surface area contributed by atoms with Gasteiger partial charge in [-0.15, -0.1) is 11.3 Å². The van der Waals surface area contributed by atoms with Crippen LogP contribution in [0.15, 0.2) is 31.7 Å². The van der Waals surface area contributed by atoms with E-state index in [2.05, 4.69) is 15.9 Å². The summed E-state index contributed by atoms with van der Waals surface area (Å²) in [5, 5.41) is 9.31. The van der Waals surface area contributed by atoms with Crippen molar-refractivity contribution in [3.8, 4) is 5.00 Å². The van der Waals surface area contributed by atoms with Crippen LogP contribution in [0, 0.1) is 0 Å². The number of nitrogens with one attached hydrogen (secondary N) is 1. The summed E-state index contributed by atoms with van der Waals surface area (Å²) in [6.07, 6.45) is 1.02. The van der Waals surface area contributed by atoms with Gasteiger partial charge in [0.1, 0.15) is 10.6 Å². The summed E-state index contributed by atoms with van der Waals surface area (Å²) in [6, 6.07) is 3.36. The second-order valence-corrected chi connectivity index (χ2v) is 5.50. The van der Waals surface area contributed by atoms with Gasteiger partial charge in [-0.3, -0.25) is 14.3 Å². The van der Waals surface area contributed by atoms with Crippen LogP contribution in [0.2, 0.25) is 0 Å². The number of thiophene rings is 1. The Bertz CT molecular complexity index is 700. The molecule has 2 rings (SSSR count). The molecule has 0 unspecified atom stereocenters. The Balaban J connectivity index is 2.71. The van der Waals surface area contributed by atoms with Gasteiger partial charge in [-0.05, 0) is 28.1 Å². The van der Waals surface area contributed by atoms with Gasteiger partial charge in [-0.25, -0.2) is 9.59 Å². The summed E-state index contributed by atoms with van der Waals surface area (Å²) in [4.78, 5) is 35.5. The number of carboxylic acids is 1. The average Bonchev–Trinajstić information content (AvgIpc) is 2.64. The molecule has 17 heavy (non-hydrogen) atoms. The summed E-state index contributed by atoms with van der Waals surface area (Å²) in [6.45, 7) is 0. The highest BCUT2D eigenvalue weighted by Gasteiger charge is 2.13. The molecule has 2 N–H and O–H groups in total. The Kier molecular flexibility index (Phi) is 2.99. The standard InChI is InChI=1S/C9H5BrN2O4S/c10-5-1-2-6(17-5)12-3-4(8(14)15)7(13)11-9(12)16/h1-3H,(H,14,15)(H,11,13,16). The SMILES string of the molecule is O=C(O)c1cn(-c2ccc(Br)s2)c(=O)[nH]c1=O. The summed E-state index contributed by atoms with van der Waals surface area (Å²) in [7, 11) is 0. The molecule has 2 aromatic rings. The van der Waals surface area contributed by atoms with E-state index in [4.69, 9.17) is 5.11 Å². The van der Waals surface area contributed by atoms with E-state index >= 15 is 0 Å². The van der Waals surface area contributed by atoms with E-state index in [0.29, 0.717) is 5.00 Å². The Labute approximate surface area is 106 Å². The number of carbonyl (C=O) groups is 1. The van der Waals surface area contributed by atoms with E-state index in [0.717, 1.165) is 14.6 Å². The van der Waals surface area contributed by atoms with Gasteiger partial charge >= 0.3 is 11.7 Å². The quantitative estimate of drug-likeness (QED) is 0.866. The smallest absolute Gasteiger partial charge is 0.342 e. The third-order valence-corrected chi connectivity index (χ3v) is 3.59. The van der Waals surface area contributed by atoms with Crippen molar-refractivity contribution in [2.45, 2.75) is 0 Å². The summed E-state index contributed by atoms with van der Waals surface area (Å²) in [5.74, 6) is -1.38. The maximum atomic E-state index is 11.5.